The molecular formula is C9H8F2O3. The van der Waals surface area contributed by atoms with Crippen LogP contribution in [-0.4, -0.2) is 16.2 Å². The number of phenolic OH excluding ortho intramolecular Hbond substituents is 1. The topological polar surface area (TPSA) is 57.5 Å². The predicted molar refractivity (Wildman–Crippen MR) is 44.1 cm³/mol. The Balaban J connectivity index is 3.24. The fraction of sp³-hybridized carbons (Fsp3) is 0.222. The van der Waals surface area contributed by atoms with Gasteiger partial charge in [0.2, 0.25) is 5.82 Å². The van der Waals surface area contributed by atoms with Crippen LogP contribution in [0, 0.1) is 11.6 Å². The Morgan fingerprint density at radius 3 is 2.50 bits per heavy atom. The zero-order chi connectivity index (χ0) is 10.9. The molecule has 5 heteroatoms. The van der Waals surface area contributed by atoms with E-state index in [1.807, 2.05) is 0 Å². The molecule has 0 radical (unpaired) electrons. The molecular weight excluding hydrogens is 194 g/mol. The SMILES string of the molecule is CC(C(=O)O)c1ccc(F)c(F)c1O. The number of carbonyl (C=O) groups is 1. The van der Waals surface area contributed by atoms with Crippen LogP contribution in [0.5, 0.6) is 5.75 Å². The van der Waals surface area contributed by atoms with E-state index in [2.05, 4.69) is 0 Å². The summed E-state index contributed by atoms with van der Waals surface area (Å²) in [4.78, 5) is 10.5. The van der Waals surface area contributed by atoms with Crippen LogP contribution in [0.25, 0.3) is 0 Å². The van der Waals surface area contributed by atoms with Gasteiger partial charge in [0, 0.05) is 5.56 Å². The standard InChI is InChI=1S/C9H8F2O3/c1-4(9(13)14)5-2-3-6(10)7(11)8(5)12/h2-4,12H,1H3,(H,13,14). The van der Waals surface area contributed by atoms with Gasteiger partial charge in [-0.2, -0.15) is 4.39 Å². The van der Waals surface area contributed by atoms with Crippen molar-refractivity contribution in [3.63, 3.8) is 0 Å². The maximum Gasteiger partial charge on any atom is 0.310 e. The molecule has 0 heterocycles. The van der Waals surface area contributed by atoms with Gasteiger partial charge < -0.3 is 10.2 Å². The molecule has 1 aromatic rings. The molecule has 0 aliphatic rings. The third kappa shape index (κ3) is 1.66. The van der Waals surface area contributed by atoms with E-state index >= 15 is 0 Å². The smallest absolute Gasteiger partial charge is 0.310 e. The summed E-state index contributed by atoms with van der Waals surface area (Å²) < 4.78 is 25.3. The summed E-state index contributed by atoms with van der Waals surface area (Å²) in [6.45, 7) is 1.27. The Morgan fingerprint density at radius 2 is 2.00 bits per heavy atom. The minimum atomic E-state index is -1.42. The van der Waals surface area contributed by atoms with Gasteiger partial charge in [-0.25, -0.2) is 4.39 Å². The van der Waals surface area contributed by atoms with Crippen molar-refractivity contribution in [1.82, 2.24) is 0 Å². The van der Waals surface area contributed by atoms with Crippen molar-refractivity contribution in [2.45, 2.75) is 12.8 Å². The summed E-state index contributed by atoms with van der Waals surface area (Å²) in [5.74, 6) is -5.87. The van der Waals surface area contributed by atoms with Gasteiger partial charge in [0.15, 0.2) is 11.6 Å². The van der Waals surface area contributed by atoms with Gasteiger partial charge in [-0.3, -0.25) is 4.79 Å². The maximum absolute atomic E-state index is 12.8. The van der Waals surface area contributed by atoms with Crippen molar-refractivity contribution in [2.75, 3.05) is 0 Å². The van der Waals surface area contributed by atoms with E-state index in [-0.39, 0.29) is 5.56 Å². The molecule has 3 nitrogen and oxygen atoms in total. The highest BCUT2D eigenvalue weighted by Crippen LogP contribution is 2.29. The molecule has 1 atom stereocenters. The van der Waals surface area contributed by atoms with Crippen LogP contribution >= 0.6 is 0 Å². The minimum absolute atomic E-state index is 0.142. The number of phenols is 1. The third-order valence-electron chi connectivity index (χ3n) is 1.94. The van der Waals surface area contributed by atoms with Crippen molar-refractivity contribution in [3.05, 3.63) is 29.3 Å². The van der Waals surface area contributed by atoms with E-state index in [1.54, 1.807) is 0 Å². The van der Waals surface area contributed by atoms with Gasteiger partial charge in [-0.05, 0) is 13.0 Å². The lowest BCUT2D eigenvalue weighted by Gasteiger charge is -2.09. The van der Waals surface area contributed by atoms with Crippen LogP contribution in [0.2, 0.25) is 0 Å². The fourth-order valence-electron chi connectivity index (χ4n) is 1.04. The lowest BCUT2D eigenvalue weighted by molar-refractivity contribution is -0.138. The summed E-state index contributed by atoms with van der Waals surface area (Å²) in [5.41, 5.74) is -0.142. The average Bonchev–Trinajstić information content (AvgIpc) is 2.13. The van der Waals surface area contributed by atoms with Gasteiger partial charge >= 0.3 is 5.97 Å². The molecule has 0 fully saturated rings. The lowest BCUT2D eigenvalue weighted by Crippen LogP contribution is -2.08. The largest absolute Gasteiger partial charge is 0.505 e. The average molecular weight is 202 g/mol. The van der Waals surface area contributed by atoms with E-state index in [0.29, 0.717) is 0 Å². The molecule has 0 spiro atoms. The summed E-state index contributed by atoms with van der Waals surface area (Å²) in [6.07, 6.45) is 0. The molecule has 0 aromatic heterocycles. The molecule has 2 N–H and O–H groups in total. The second kappa shape index (κ2) is 3.61. The van der Waals surface area contributed by atoms with Gasteiger partial charge in [-0.1, -0.05) is 6.07 Å². The van der Waals surface area contributed by atoms with Crippen LogP contribution in [0.15, 0.2) is 12.1 Å². The molecule has 0 aliphatic heterocycles. The van der Waals surface area contributed by atoms with E-state index in [4.69, 9.17) is 10.2 Å². The first-order chi connectivity index (χ1) is 6.45. The van der Waals surface area contributed by atoms with Crippen molar-refractivity contribution >= 4 is 5.97 Å². The number of hydrogen-bond donors (Lipinski definition) is 2. The van der Waals surface area contributed by atoms with E-state index in [0.717, 1.165) is 12.1 Å². The molecule has 0 aliphatic carbocycles. The molecule has 1 rings (SSSR count). The Morgan fingerprint density at radius 1 is 1.43 bits per heavy atom. The fourth-order valence-corrected chi connectivity index (χ4v) is 1.04. The van der Waals surface area contributed by atoms with Crippen molar-refractivity contribution < 1.29 is 23.8 Å². The number of carboxylic acid groups (broad SMARTS) is 1. The Labute approximate surface area is 78.6 Å². The van der Waals surface area contributed by atoms with Crippen LogP contribution < -0.4 is 0 Å². The highest BCUT2D eigenvalue weighted by Gasteiger charge is 2.21. The summed E-state index contributed by atoms with van der Waals surface area (Å²) in [7, 11) is 0. The molecule has 14 heavy (non-hydrogen) atoms. The second-order valence-electron chi connectivity index (χ2n) is 2.86. The number of carboxylic acids is 1. The molecule has 76 valence electrons. The van der Waals surface area contributed by atoms with Crippen molar-refractivity contribution in [2.24, 2.45) is 0 Å². The summed E-state index contributed by atoms with van der Waals surface area (Å²) in [5, 5.41) is 17.7. The van der Waals surface area contributed by atoms with E-state index < -0.39 is 29.3 Å². The van der Waals surface area contributed by atoms with Gasteiger partial charge in [0.1, 0.15) is 0 Å². The van der Waals surface area contributed by atoms with Gasteiger partial charge in [-0.15, -0.1) is 0 Å². The van der Waals surface area contributed by atoms with Crippen molar-refractivity contribution in [3.8, 4) is 5.75 Å². The van der Waals surface area contributed by atoms with Crippen LogP contribution in [0.1, 0.15) is 18.4 Å². The molecule has 0 saturated heterocycles. The number of benzene rings is 1. The molecule has 1 unspecified atom stereocenters. The first-order valence-corrected chi connectivity index (χ1v) is 3.84. The Kier molecular flexibility index (Phi) is 2.69. The number of rotatable bonds is 2. The first kappa shape index (κ1) is 10.4. The highest BCUT2D eigenvalue weighted by molar-refractivity contribution is 5.76. The predicted octanol–water partition coefficient (Wildman–Crippen LogP) is 1.86. The molecule has 0 bridgehead atoms. The second-order valence-corrected chi connectivity index (χ2v) is 2.86. The first-order valence-electron chi connectivity index (χ1n) is 3.84. The monoisotopic (exact) mass is 202 g/mol. The number of aliphatic carboxylic acids is 1. The van der Waals surface area contributed by atoms with Gasteiger partial charge in [0.05, 0.1) is 5.92 Å². The zero-order valence-electron chi connectivity index (χ0n) is 7.29. The molecule has 0 amide bonds. The number of hydrogen-bond acceptors (Lipinski definition) is 2. The van der Waals surface area contributed by atoms with Crippen LogP contribution in [0.4, 0.5) is 8.78 Å². The van der Waals surface area contributed by atoms with Crippen LogP contribution in [-0.2, 0) is 4.79 Å². The lowest BCUT2D eigenvalue weighted by atomic mass is 10.00. The minimum Gasteiger partial charge on any atom is -0.505 e. The maximum atomic E-state index is 12.8. The highest BCUT2D eigenvalue weighted by atomic mass is 19.2. The number of aromatic hydroxyl groups is 1. The molecule has 0 saturated carbocycles. The van der Waals surface area contributed by atoms with E-state index in [9.17, 15) is 13.6 Å². The normalized spacial score (nSPS) is 12.5. The quantitative estimate of drug-likeness (QED) is 0.769. The van der Waals surface area contributed by atoms with E-state index in [1.165, 1.54) is 6.92 Å². The molecule has 1 aromatic carbocycles. The van der Waals surface area contributed by atoms with Gasteiger partial charge in [0.25, 0.3) is 0 Å². The Bertz CT molecular complexity index is 377. The summed E-state index contributed by atoms with van der Waals surface area (Å²) >= 11 is 0. The summed E-state index contributed by atoms with van der Waals surface area (Å²) in [6, 6.07) is 1.83. The third-order valence-corrected chi connectivity index (χ3v) is 1.94. The zero-order valence-corrected chi connectivity index (χ0v) is 7.29. The number of halogens is 2. The van der Waals surface area contributed by atoms with Crippen molar-refractivity contribution in [1.29, 1.82) is 0 Å². The Hall–Kier alpha value is -1.65. The van der Waals surface area contributed by atoms with Crippen LogP contribution in [0.3, 0.4) is 0 Å².